The molecule has 0 spiro atoms. The van der Waals surface area contributed by atoms with Gasteiger partial charge in [0.1, 0.15) is 5.75 Å². The molecule has 0 fully saturated rings. The first kappa shape index (κ1) is 9.49. The lowest BCUT2D eigenvalue weighted by Gasteiger charge is -2.29. The molecule has 0 saturated heterocycles. The largest absolute Gasteiger partial charge is 0.497 e. The molecule has 1 unspecified atom stereocenters. The summed E-state index contributed by atoms with van der Waals surface area (Å²) in [7, 11) is 1.66. The molecule has 0 saturated carbocycles. The van der Waals surface area contributed by atoms with Gasteiger partial charge in [-0.15, -0.1) is 0 Å². The number of rotatable bonds is 1. The fraction of sp³-hybridized carbons (Fsp3) is 0.455. The molecule has 2 atom stereocenters. The van der Waals surface area contributed by atoms with E-state index in [0.29, 0.717) is 6.61 Å². The summed E-state index contributed by atoms with van der Waals surface area (Å²) in [6, 6.07) is 5.90. The molecule has 0 bridgehead atoms. The number of methoxy groups -OCH3 is 1. The van der Waals surface area contributed by atoms with Crippen LogP contribution in [0.4, 0.5) is 0 Å². The molecule has 3 heteroatoms. The third kappa shape index (κ3) is 1.49. The van der Waals surface area contributed by atoms with Crippen molar-refractivity contribution in [3.8, 4) is 5.75 Å². The standard InChI is InChI=1S/C11H15NO2/c1-7-11(12)10-5-9(13-2)4-3-8(10)6-14-7/h3-5,7,11H,6,12H2,1-2H3/t7-,11?/m1/s1. The first-order valence-electron chi connectivity index (χ1n) is 4.76. The van der Waals surface area contributed by atoms with Gasteiger partial charge in [0, 0.05) is 0 Å². The van der Waals surface area contributed by atoms with Gasteiger partial charge in [-0.2, -0.15) is 0 Å². The predicted molar refractivity (Wildman–Crippen MR) is 54.2 cm³/mol. The number of hydrogen-bond donors (Lipinski definition) is 1. The molecule has 2 rings (SSSR count). The van der Waals surface area contributed by atoms with Gasteiger partial charge < -0.3 is 15.2 Å². The number of nitrogens with two attached hydrogens (primary N) is 1. The number of fused-ring (bicyclic) bond motifs is 1. The van der Waals surface area contributed by atoms with E-state index in [4.69, 9.17) is 15.2 Å². The van der Waals surface area contributed by atoms with Crippen molar-refractivity contribution in [1.82, 2.24) is 0 Å². The van der Waals surface area contributed by atoms with E-state index in [2.05, 4.69) is 0 Å². The zero-order valence-corrected chi connectivity index (χ0v) is 8.49. The number of ether oxygens (including phenoxy) is 2. The van der Waals surface area contributed by atoms with E-state index in [-0.39, 0.29) is 12.1 Å². The molecule has 1 aromatic rings. The minimum Gasteiger partial charge on any atom is -0.497 e. The highest BCUT2D eigenvalue weighted by Gasteiger charge is 2.24. The van der Waals surface area contributed by atoms with Gasteiger partial charge in [0.15, 0.2) is 0 Å². The van der Waals surface area contributed by atoms with E-state index in [0.717, 1.165) is 16.9 Å². The van der Waals surface area contributed by atoms with Crippen LogP contribution in [0.15, 0.2) is 18.2 Å². The number of benzene rings is 1. The zero-order chi connectivity index (χ0) is 10.1. The fourth-order valence-corrected chi connectivity index (χ4v) is 1.72. The second kappa shape index (κ2) is 3.59. The number of hydrogen-bond acceptors (Lipinski definition) is 3. The Hall–Kier alpha value is -1.06. The van der Waals surface area contributed by atoms with Crippen LogP contribution in [0.5, 0.6) is 5.75 Å². The van der Waals surface area contributed by atoms with Crippen molar-refractivity contribution in [2.45, 2.75) is 25.7 Å². The van der Waals surface area contributed by atoms with E-state index in [1.54, 1.807) is 7.11 Å². The smallest absolute Gasteiger partial charge is 0.119 e. The normalized spacial score (nSPS) is 25.6. The van der Waals surface area contributed by atoms with Gasteiger partial charge in [-0.3, -0.25) is 0 Å². The second-order valence-corrected chi connectivity index (χ2v) is 3.61. The van der Waals surface area contributed by atoms with Gasteiger partial charge >= 0.3 is 0 Å². The summed E-state index contributed by atoms with van der Waals surface area (Å²) in [5.41, 5.74) is 8.34. The van der Waals surface area contributed by atoms with Crippen LogP contribution >= 0.6 is 0 Å². The molecule has 76 valence electrons. The molecule has 1 aliphatic rings. The lowest BCUT2D eigenvalue weighted by atomic mass is 9.95. The van der Waals surface area contributed by atoms with E-state index in [1.165, 1.54) is 0 Å². The summed E-state index contributed by atoms with van der Waals surface area (Å²) in [5, 5.41) is 0. The van der Waals surface area contributed by atoms with Gasteiger partial charge in [0.2, 0.25) is 0 Å². The molecule has 3 nitrogen and oxygen atoms in total. The van der Waals surface area contributed by atoms with Crippen LogP contribution in [0.1, 0.15) is 24.1 Å². The topological polar surface area (TPSA) is 44.5 Å². The van der Waals surface area contributed by atoms with Crippen LogP contribution in [0.25, 0.3) is 0 Å². The van der Waals surface area contributed by atoms with Crippen LogP contribution in [-0.2, 0) is 11.3 Å². The maximum atomic E-state index is 6.03. The summed E-state index contributed by atoms with van der Waals surface area (Å²) >= 11 is 0. The highest BCUT2D eigenvalue weighted by molar-refractivity contribution is 5.38. The first-order valence-corrected chi connectivity index (χ1v) is 4.76. The maximum Gasteiger partial charge on any atom is 0.119 e. The van der Waals surface area contributed by atoms with E-state index < -0.39 is 0 Å². The van der Waals surface area contributed by atoms with Crippen molar-refractivity contribution in [2.24, 2.45) is 5.73 Å². The summed E-state index contributed by atoms with van der Waals surface area (Å²) in [6.07, 6.45) is 0.0783. The Morgan fingerprint density at radius 1 is 1.50 bits per heavy atom. The molecule has 0 amide bonds. The van der Waals surface area contributed by atoms with Crippen LogP contribution in [0.2, 0.25) is 0 Å². The predicted octanol–water partition coefficient (Wildman–Crippen LogP) is 1.61. The molecule has 1 aliphatic heterocycles. The Morgan fingerprint density at radius 2 is 2.29 bits per heavy atom. The molecule has 0 aliphatic carbocycles. The molecular weight excluding hydrogens is 178 g/mol. The van der Waals surface area contributed by atoms with Crippen LogP contribution in [0, 0.1) is 0 Å². The van der Waals surface area contributed by atoms with Crippen LogP contribution in [0.3, 0.4) is 0 Å². The van der Waals surface area contributed by atoms with Crippen molar-refractivity contribution in [3.63, 3.8) is 0 Å². The van der Waals surface area contributed by atoms with E-state index in [9.17, 15) is 0 Å². The highest BCUT2D eigenvalue weighted by atomic mass is 16.5. The molecule has 0 aromatic heterocycles. The van der Waals surface area contributed by atoms with Gasteiger partial charge in [-0.05, 0) is 30.2 Å². The Kier molecular flexibility index (Phi) is 2.44. The van der Waals surface area contributed by atoms with Crippen molar-refractivity contribution in [1.29, 1.82) is 0 Å². The van der Waals surface area contributed by atoms with E-state index >= 15 is 0 Å². The summed E-state index contributed by atoms with van der Waals surface area (Å²) in [4.78, 5) is 0. The molecule has 1 heterocycles. The average molecular weight is 193 g/mol. The molecule has 2 N–H and O–H groups in total. The van der Waals surface area contributed by atoms with Crippen LogP contribution < -0.4 is 10.5 Å². The van der Waals surface area contributed by atoms with Gasteiger partial charge in [0.05, 0.1) is 25.9 Å². The summed E-state index contributed by atoms with van der Waals surface area (Å²) < 4.78 is 10.7. The third-order valence-electron chi connectivity index (χ3n) is 2.72. The lowest BCUT2D eigenvalue weighted by molar-refractivity contribution is 0.0213. The van der Waals surface area contributed by atoms with Crippen LogP contribution in [-0.4, -0.2) is 13.2 Å². The lowest BCUT2D eigenvalue weighted by Crippen LogP contribution is -2.31. The quantitative estimate of drug-likeness (QED) is 0.737. The fourth-order valence-electron chi connectivity index (χ4n) is 1.72. The summed E-state index contributed by atoms with van der Waals surface area (Å²) in [5.74, 6) is 0.855. The van der Waals surface area contributed by atoms with Crippen molar-refractivity contribution in [2.75, 3.05) is 7.11 Å². The Bertz CT molecular complexity index is 338. The van der Waals surface area contributed by atoms with E-state index in [1.807, 2.05) is 25.1 Å². The summed E-state index contributed by atoms with van der Waals surface area (Å²) in [6.45, 7) is 2.64. The molecular formula is C11H15NO2. The van der Waals surface area contributed by atoms with Crippen molar-refractivity contribution < 1.29 is 9.47 Å². The van der Waals surface area contributed by atoms with Gasteiger partial charge in [-0.1, -0.05) is 6.07 Å². The minimum atomic E-state index is -0.0474. The Morgan fingerprint density at radius 3 is 3.00 bits per heavy atom. The maximum absolute atomic E-state index is 6.03. The van der Waals surface area contributed by atoms with Crippen molar-refractivity contribution in [3.05, 3.63) is 29.3 Å². The van der Waals surface area contributed by atoms with Gasteiger partial charge in [0.25, 0.3) is 0 Å². The van der Waals surface area contributed by atoms with Gasteiger partial charge in [-0.25, -0.2) is 0 Å². The zero-order valence-electron chi connectivity index (χ0n) is 8.49. The SMILES string of the molecule is COc1ccc2c(c1)C(N)[C@@H](C)OC2. The first-order chi connectivity index (χ1) is 6.72. The monoisotopic (exact) mass is 193 g/mol. The van der Waals surface area contributed by atoms with Crippen molar-refractivity contribution >= 4 is 0 Å². The molecule has 0 radical (unpaired) electrons. The molecule has 1 aromatic carbocycles. The second-order valence-electron chi connectivity index (χ2n) is 3.61. The minimum absolute atomic E-state index is 0.0474. The highest BCUT2D eigenvalue weighted by Crippen LogP contribution is 2.30. The Labute approximate surface area is 83.8 Å². The average Bonchev–Trinajstić information content (AvgIpc) is 2.23. The third-order valence-corrected chi connectivity index (χ3v) is 2.72. The molecule has 14 heavy (non-hydrogen) atoms. The Balaban J connectivity index is 2.41.